The predicted octanol–water partition coefficient (Wildman–Crippen LogP) is 5.82. The number of rotatable bonds is 10. The van der Waals surface area contributed by atoms with Crippen LogP contribution in [-0.2, 0) is 29.5 Å². The van der Waals surface area contributed by atoms with Crippen LogP contribution in [0.25, 0.3) is 0 Å². The van der Waals surface area contributed by atoms with Gasteiger partial charge in [0.1, 0.15) is 23.0 Å². The lowest BCUT2D eigenvalue weighted by atomic mass is 9.77. The molecule has 51 heavy (non-hydrogen) atoms. The summed E-state index contributed by atoms with van der Waals surface area (Å²) in [6, 6.07) is 14.0. The number of nitrogens with one attached hydrogen (secondary N) is 2. The Morgan fingerprint density at radius 1 is 0.804 bits per heavy atom. The summed E-state index contributed by atoms with van der Waals surface area (Å²) >= 11 is 0. The van der Waals surface area contributed by atoms with Gasteiger partial charge in [-0.05, 0) is 90.4 Å². The van der Waals surface area contributed by atoms with Gasteiger partial charge in [-0.2, -0.15) is 0 Å². The van der Waals surface area contributed by atoms with Gasteiger partial charge in [0.2, 0.25) is 5.91 Å². The molecule has 12 heteroatoms. The minimum atomic E-state index is -1.58. The van der Waals surface area contributed by atoms with Crippen LogP contribution in [0.15, 0.2) is 54.6 Å². The van der Waals surface area contributed by atoms with E-state index in [9.17, 15) is 24.0 Å². The van der Waals surface area contributed by atoms with Gasteiger partial charge in [-0.15, -0.1) is 0 Å². The van der Waals surface area contributed by atoms with E-state index in [0.29, 0.717) is 29.7 Å². The summed E-state index contributed by atoms with van der Waals surface area (Å²) in [7, 11) is 1.57. The van der Waals surface area contributed by atoms with Gasteiger partial charge in [0, 0.05) is 54.5 Å². The van der Waals surface area contributed by atoms with Gasteiger partial charge in [0.25, 0.3) is 5.91 Å². The molecule has 0 aromatic heterocycles. The van der Waals surface area contributed by atoms with Gasteiger partial charge in [-0.1, -0.05) is 6.92 Å². The molecule has 1 atom stereocenters. The maximum atomic E-state index is 13.5. The second kappa shape index (κ2) is 14.2. The highest BCUT2D eigenvalue weighted by Crippen LogP contribution is 2.57. The summed E-state index contributed by atoms with van der Waals surface area (Å²) in [6.07, 6.45) is 0.762. The first kappa shape index (κ1) is 37.0. The molecule has 2 aliphatic heterocycles. The van der Waals surface area contributed by atoms with Crippen LogP contribution in [0.3, 0.4) is 0 Å². The average molecular weight is 701 g/mol. The third-order valence-corrected chi connectivity index (χ3v) is 8.52. The number of carbonyl (C=O) groups excluding carboxylic acids is 5. The summed E-state index contributed by atoms with van der Waals surface area (Å²) in [5, 5.41) is 5.67. The first-order valence-electron chi connectivity index (χ1n) is 16.8. The summed E-state index contributed by atoms with van der Waals surface area (Å²) in [5.74, 6) is -1.37. The molecule has 2 aliphatic rings. The molecule has 2 N–H and O–H groups in total. The standard InChI is InChI=1S/C39H44N2O10/c1-9-23(21-47-8)41-32(42)16-17-40-33(43)22-10-13-26-29(18-22)39(51-34(26)44)27-14-11-24(48-35(45)37(2,3)4)19-30(27)50-31-20-25(12-15-28(31)39)49-36(46)38(5,6)7/h10-15,18-20,23H,9,16-17,21H2,1-8H3,(H,40,43)(H,41,42). The van der Waals surface area contributed by atoms with E-state index in [-0.39, 0.29) is 59.0 Å². The summed E-state index contributed by atoms with van der Waals surface area (Å²) < 4.78 is 29.0. The zero-order chi connectivity index (χ0) is 37.3. The van der Waals surface area contributed by atoms with Gasteiger partial charge >= 0.3 is 17.9 Å². The highest BCUT2D eigenvalue weighted by atomic mass is 16.6. The lowest BCUT2D eigenvalue weighted by molar-refractivity contribution is -0.143. The second-order valence-corrected chi connectivity index (χ2v) is 14.7. The fourth-order valence-electron chi connectivity index (χ4n) is 5.62. The normalized spacial score (nSPS) is 14.6. The third-order valence-electron chi connectivity index (χ3n) is 8.52. The molecule has 0 saturated carbocycles. The zero-order valence-electron chi connectivity index (χ0n) is 30.2. The first-order chi connectivity index (χ1) is 24.0. The minimum absolute atomic E-state index is 0.0603. The van der Waals surface area contributed by atoms with Crippen molar-refractivity contribution in [2.45, 2.75) is 73.0 Å². The second-order valence-electron chi connectivity index (χ2n) is 14.7. The van der Waals surface area contributed by atoms with Crippen molar-refractivity contribution in [3.05, 3.63) is 82.4 Å². The van der Waals surface area contributed by atoms with Crippen molar-refractivity contribution in [1.29, 1.82) is 0 Å². The smallest absolute Gasteiger partial charge is 0.340 e. The number of fused-ring (bicyclic) bond motifs is 6. The van der Waals surface area contributed by atoms with Crippen molar-refractivity contribution < 1.29 is 47.7 Å². The number of methoxy groups -OCH3 is 1. The fourth-order valence-corrected chi connectivity index (χ4v) is 5.62. The van der Waals surface area contributed by atoms with E-state index in [4.69, 9.17) is 23.7 Å². The fraction of sp³-hybridized carbons (Fsp3) is 0.410. The zero-order valence-corrected chi connectivity index (χ0v) is 30.2. The summed E-state index contributed by atoms with van der Waals surface area (Å²) in [4.78, 5) is 64.9. The minimum Gasteiger partial charge on any atom is -0.456 e. The quantitative estimate of drug-likeness (QED) is 0.195. The van der Waals surface area contributed by atoms with Crippen molar-refractivity contribution >= 4 is 29.7 Å². The molecule has 2 heterocycles. The van der Waals surface area contributed by atoms with Crippen LogP contribution in [0.5, 0.6) is 23.0 Å². The van der Waals surface area contributed by atoms with Crippen molar-refractivity contribution in [3.63, 3.8) is 0 Å². The van der Waals surface area contributed by atoms with Crippen molar-refractivity contribution in [2.75, 3.05) is 20.3 Å². The molecule has 12 nitrogen and oxygen atoms in total. The number of hydrogen-bond donors (Lipinski definition) is 2. The number of hydrogen-bond acceptors (Lipinski definition) is 10. The van der Waals surface area contributed by atoms with E-state index in [1.807, 2.05) is 6.92 Å². The number of benzene rings is 3. The Balaban J connectivity index is 1.53. The predicted molar refractivity (Wildman–Crippen MR) is 186 cm³/mol. The van der Waals surface area contributed by atoms with Crippen LogP contribution < -0.4 is 24.8 Å². The highest BCUT2D eigenvalue weighted by molar-refractivity contribution is 6.01. The summed E-state index contributed by atoms with van der Waals surface area (Å²) in [5.41, 5.74) is -1.44. The lowest BCUT2D eigenvalue weighted by Gasteiger charge is -2.37. The molecule has 5 rings (SSSR count). The monoisotopic (exact) mass is 700 g/mol. The number of ether oxygens (including phenoxy) is 5. The first-order valence-corrected chi connectivity index (χ1v) is 16.8. The number of esters is 3. The van der Waals surface area contributed by atoms with Crippen LogP contribution in [0.1, 0.15) is 98.7 Å². The Hall–Kier alpha value is -5.23. The van der Waals surface area contributed by atoms with Crippen LogP contribution >= 0.6 is 0 Å². The maximum Gasteiger partial charge on any atom is 0.340 e. The van der Waals surface area contributed by atoms with E-state index in [1.54, 1.807) is 79.0 Å². The molecule has 0 saturated heterocycles. The Morgan fingerprint density at radius 3 is 1.88 bits per heavy atom. The van der Waals surface area contributed by atoms with Crippen molar-refractivity contribution in [1.82, 2.24) is 10.6 Å². The molecular weight excluding hydrogens is 656 g/mol. The van der Waals surface area contributed by atoms with Gasteiger partial charge in [-0.3, -0.25) is 19.2 Å². The van der Waals surface area contributed by atoms with E-state index >= 15 is 0 Å². The topological polar surface area (TPSA) is 156 Å². The molecule has 1 spiro atoms. The van der Waals surface area contributed by atoms with Crippen LogP contribution in [-0.4, -0.2) is 56.0 Å². The van der Waals surface area contributed by atoms with E-state index in [0.717, 1.165) is 0 Å². The van der Waals surface area contributed by atoms with Crippen LogP contribution in [0.4, 0.5) is 0 Å². The van der Waals surface area contributed by atoms with Crippen molar-refractivity contribution in [3.8, 4) is 23.0 Å². The summed E-state index contributed by atoms with van der Waals surface area (Å²) in [6.45, 7) is 12.8. The van der Waals surface area contributed by atoms with Gasteiger partial charge < -0.3 is 34.3 Å². The number of carbonyl (C=O) groups is 5. The largest absolute Gasteiger partial charge is 0.456 e. The molecule has 270 valence electrons. The molecule has 3 aromatic carbocycles. The van der Waals surface area contributed by atoms with Crippen LogP contribution in [0, 0.1) is 10.8 Å². The van der Waals surface area contributed by atoms with E-state index < -0.39 is 40.2 Å². The van der Waals surface area contributed by atoms with Crippen LogP contribution in [0.2, 0.25) is 0 Å². The molecule has 3 aromatic rings. The molecule has 0 aliphatic carbocycles. The average Bonchev–Trinajstić information content (AvgIpc) is 3.34. The Bertz CT molecular complexity index is 1810. The molecular formula is C39H44N2O10. The van der Waals surface area contributed by atoms with Gasteiger partial charge in [-0.25, -0.2) is 4.79 Å². The van der Waals surface area contributed by atoms with E-state index in [1.165, 1.54) is 24.3 Å². The molecule has 2 amide bonds. The molecule has 0 bridgehead atoms. The number of amides is 2. The SMILES string of the molecule is CCC(COC)NC(=O)CCNC(=O)c1ccc2c(c1)C1(OC2=O)c2ccc(OC(=O)C(C)(C)C)cc2Oc2cc(OC(=O)C(C)(C)C)ccc21. The van der Waals surface area contributed by atoms with Gasteiger partial charge in [0.15, 0.2) is 5.60 Å². The highest BCUT2D eigenvalue weighted by Gasteiger charge is 2.54. The van der Waals surface area contributed by atoms with Gasteiger partial charge in [0.05, 0.1) is 29.0 Å². The lowest BCUT2D eigenvalue weighted by Crippen LogP contribution is -2.39. The third kappa shape index (κ3) is 7.61. The van der Waals surface area contributed by atoms with Crippen molar-refractivity contribution in [2.24, 2.45) is 10.8 Å². The Labute approximate surface area is 297 Å². The van der Waals surface area contributed by atoms with E-state index in [2.05, 4.69) is 10.6 Å². The molecule has 0 fully saturated rings. The molecule has 0 radical (unpaired) electrons. The molecule has 1 unspecified atom stereocenters. The maximum absolute atomic E-state index is 13.5. The Kier molecular flexibility index (Phi) is 10.3. The Morgan fingerprint density at radius 2 is 1.37 bits per heavy atom.